The van der Waals surface area contributed by atoms with Gasteiger partial charge in [-0.1, -0.05) is 36.4 Å². The van der Waals surface area contributed by atoms with E-state index in [1.165, 1.54) is 18.2 Å². The number of rotatable bonds is 6. The third kappa shape index (κ3) is 4.54. The van der Waals surface area contributed by atoms with Gasteiger partial charge in [-0.3, -0.25) is 14.9 Å². The zero-order valence-corrected chi connectivity index (χ0v) is 16.7. The molecular weight excluding hydrogens is 388 g/mol. The molecule has 0 spiro atoms. The number of hydrogen-bond donors (Lipinski definition) is 1. The second-order valence-electron chi connectivity index (χ2n) is 6.79. The van der Waals surface area contributed by atoms with Crippen LogP contribution in [-0.4, -0.2) is 16.8 Å². The van der Waals surface area contributed by atoms with Crippen molar-refractivity contribution in [1.82, 2.24) is 0 Å². The fourth-order valence-corrected chi connectivity index (χ4v) is 3.00. The number of benzene rings is 2. The highest BCUT2D eigenvalue weighted by molar-refractivity contribution is 5.99. The second-order valence-corrected chi connectivity index (χ2v) is 6.79. The van der Waals surface area contributed by atoms with E-state index in [1.54, 1.807) is 57.2 Å². The second kappa shape index (κ2) is 8.60. The highest BCUT2D eigenvalue weighted by Crippen LogP contribution is 2.28. The number of nitrogens with one attached hydrogen (secondary N) is 1. The van der Waals surface area contributed by atoms with Crippen LogP contribution in [0, 0.1) is 30.9 Å². The molecule has 0 radical (unpaired) electrons. The summed E-state index contributed by atoms with van der Waals surface area (Å²) in [6.07, 6.45) is -1.31. The van der Waals surface area contributed by atoms with Gasteiger partial charge in [0.2, 0.25) is 6.10 Å². The highest BCUT2D eigenvalue weighted by Gasteiger charge is 2.29. The quantitative estimate of drug-likeness (QED) is 0.361. The standard InChI is InChI=1S/C22H20N2O6/c1-13-9-10-18(19(11-13)24(27)28)23-21(25)20(16-7-5-4-6-8-16)30-22(26)17-12-14(2)29-15(17)3/h4-12,20H,1-3H3,(H,23,25)/t20-/m1/s1. The van der Waals surface area contributed by atoms with Crippen molar-refractivity contribution in [1.29, 1.82) is 0 Å². The first-order valence-electron chi connectivity index (χ1n) is 9.15. The number of esters is 1. The minimum atomic E-state index is -1.31. The van der Waals surface area contributed by atoms with E-state index in [1.807, 2.05) is 0 Å². The summed E-state index contributed by atoms with van der Waals surface area (Å²) >= 11 is 0. The van der Waals surface area contributed by atoms with Gasteiger partial charge in [-0.05, 0) is 38.5 Å². The number of anilines is 1. The number of nitro groups is 1. The molecule has 154 valence electrons. The topological polar surface area (TPSA) is 112 Å². The van der Waals surface area contributed by atoms with E-state index in [-0.39, 0.29) is 16.9 Å². The predicted octanol–water partition coefficient (Wildman–Crippen LogP) is 4.65. The molecule has 0 saturated carbocycles. The largest absolute Gasteiger partial charge is 0.466 e. The number of nitrogens with zero attached hydrogens (tertiary/aromatic N) is 1. The summed E-state index contributed by atoms with van der Waals surface area (Å²) < 4.78 is 10.8. The van der Waals surface area contributed by atoms with Crippen molar-refractivity contribution in [2.24, 2.45) is 0 Å². The maximum absolute atomic E-state index is 13.0. The lowest BCUT2D eigenvalue weighted by Crippen LogP contribution is -2.26. The van der Waals surface area contributed by atoms with Crippen LogP contribution in [-0.2, 0) is 9.53 Å². The molecule has 3 rings (SSSR count). The van der Waals surface area contributed by atoms with Crippen LogP contribution in [0.5, 0.6) is 0 Å². The molecule has 30 heavy (non-hydrogen) atoms. The monoisotopic (exact) mass is 408 g/mol. The maximum Gasteiger partial charge on any atom is 0.342 e. The van der Waals surface area contributed by atoms with E-state index < -0.39 is 22.9 Å². The summed E-state index contributed by atoms with van der Waals surface area (Å²) in [6, 6.07) is 14.4. The average Bonchev–Trinajstić information content (AvgIpc) is 3.05. The molecule has 1 atom stereocenters. The molecule has 0 aliphatic heterocycles. The van der Waals surface area contributed by atoms with Gasteiger partial charge in [-0.15, -0.1) is 0 Å². The highest BCUT2D eigenvalue weighted by atomic mass is 16.6. The van der Waals surface area contributed by atoms with Crippen LogP contribution < -0.4 is 5.32 Å². The molecule has 0 bridgehead atoms. The van der Waals surface area contributed by atoms with Crippen molar-refractivity contribution in [2.45, 2.75) is 26.9 Å². The van der Waals surface area contributed by atoms with Crippen LogP contribution in [0.2, 0.25) is 0 Å². The molecule has 0 aliphatic carbocycles. The number of aryl methyl sites for hydroxylation is 3. The van der Waals surface area contributed by atoms with Crippen LogP contribution in [0.15, 0.2) is 59.0 Å². The summed E-state index contributed by atoms with van der Waals surface area (Å²) in [5.41, 5.74) is 1.08. The number of ether oxygens (including phenoxy) is 1. The van der Waals surface area contributed by atoms with Crippen molar-refractivity contribution in [2.75, 3.05) is 5.32 Å². The number of carbonyl (C=O) groups is 2. The number of nitro benzene ring substituents is 1. The normalized spacial score (nSPS) is 11.6. The Labute approximate surface area is 172 Å². The molecule has 2 aromatic carbocycles. The first-order valence-corrected chi connectivity index (χ1v) is 9.15. The third-order valence-electron chi connectivity index (χ3n) is 4.43. The minimum Gasteiger partial charge on any atom is -0.466 e. The van der Waals surface area contributed by atoms with Crippen LogP contribution in [0.4, 0.5) is 11.4 Å². The van der Waals surface area contributed by atoms with Crippen LogP contribution in [0.1, 0.15) is 39.1 Å². The Morgan fingerprint density at radius 1 is 1.07 bits per heavy atom. The van der Waals surface area contributed by atoms with Crippen molar-refractivity contribution >= 4 is 23.3 Å². The first kappa shape index (κ1) is 20.8. The molecule has 1 N–H and O–H groups in total. The molecule has 1 aromatic heterocycles. The Balaban J connectivity index is 1.92. The van der Waals surface area contributed by atoms with Crippen LogP contribution in [0.25, 0.3) is 0 Å². The molecule has 8 heteroatoms. The Bertz CT molecular complexity index is 1100. The zero-order valence-electron chi connectivity index (χ0n) is 16.7. The van der Waals surface area contributed by atoms with E-state index in [2.05, 4.69) is 5.32 Å². The van der Waals surface area contributed by atoms with E-state index in [9.17, 15) is 19.7 Å². The lowest BCUT2D eigenvalue weighted by Gasteiger charge is -2.18. The van der Waals surface area contributed by atoms with Crippen molar-refractivity contribution in [3.63, 3.8) is 0 Å². The summed E-state index contributed by atoms with van der Waals surface area (Å²) in [7, 11) is 0. The Hall–Kier alpha value is -3.94. The molecule has 0 saturated heterocycles. The summed E-state index contributed by atoms with van der Waals surface area (Å²) in [4.78, 5) is 36.4. The maximum atomic E-state index is 13.0. The molecular formula is C22H20N2O6. The lowest BCUT2D eigenvalue weighted by molar-refractivity contribution is -0.384. The zero-order chi connectivity index (χ0) is 21.8. The summed E-state index contributed by atoms with van der Waals surface area (Å²) in [6.45, 7) is 5.03. The first-order chi connectivity index (χ1) is 14.3. The van der Waals surface area contributed by atoms with Gasteiger partial charge in [-0.2, -0.15) is 0 Å². The molecule has 0 fully saturated rings. The van der Waals surface area contributed by atoms with Gasteiger partial charge in [0, 0.05) is 11.6 Å². The number of amides is 1. The summed E-state index contributed by atoms with van der Waals surface area (Å²) in [5.74, 6) is -0.527. The van der Waals surface area contributed by atoms with Gasteiger partial charge in [0.25, 0.3) is 11.6 Å². The Morgan fingerprint density at radius 2 is 1.77 bits per heavy atom. The van der Waals surface area contributed by atoms with E-state index in [0.29, 0.717) is 22.6 Å². The van der Waals surface area contributed by atoms with Gasteiger partial charge < -0.3 is 14.5 Å². The van der Waals surface area contributed by atoms with E-state index in [0.717, 1.165) is 0 Å². The smallest absolute Gasteiger partial charge is 0.342 e. The van der Waals surface area contributed by atoms with Gasteiger partial charge in [0.1, 0.15) is 22.8 Å². The fraction of sp³-hybridized carbons (Fsp3) is 0.182. The third-order valence-corrected chi connectivity index (χ3v) is 4.43. The molecule has 0 aliphatic rings. The van der Waals surface area contributed by atoms with Crippen LogP contribution >= 0.6 is 0 Å². The SMILES string of the molecule is Cc1ccc(NC(=O)[C@H](OC(=O)c2cc(C)oc2C)c2ccccc2)c([N+](=O)[O-])c1. The molecule has 1 heterocycles. The Morgan fingerprint density at radius 3 is 2.37 bits per heavy atom. The van der Waals surface area contributed by atoms with Crippen molar-refractivity contribution < 1.29 is 23.7 Å². The molecule has 1 amide bonds. The van der Waals surface area contributed by atoms with Gasteiger partial charge in [0.15, 0.2) is 0 Å². The van der Waals surface area contributed by atoms with E-state index in [4.69, 9.17) is 9.15 Å². The molecule has 0 unspecified atom stereocenters. The lowest BCUT2D eigenvalue weighted by atomic mass is 10.1. The average molecular weight is 408 g/mol. The number of hydrogen-bond acceptors (Lipinski definition) is 6. The van der Waals surface area contributed by atoms with Gasteiger partial charge >= 0.3 is 5.97 Å². The molecule has 3 aromatic rings. The van der Waals surface area contributed by atoms with E-state index >= 15 is 0 Å². The number of carbonyl (C=O) groups excluding carboxylic acids is 2. The Kier molecular flexibility index (Phi) is 5.96. The number of furan rings is 1. The molecule has 8 nitrogen and oxygen atoms in total. The van der Waals surface area contributed by atoms with Crippen LogP contribution in [0.3, 0.4) is 0 Å². The van der Waals surface area contributed by atoms with Gasteiger partial charge in [-0.25, -0.2) is 4.79 Å². The fourth-order valence-electron chi connectivity index (χ4n) is 3.00. The van der Waals surface area contributed by atoms with Crippen molar-refractivity contribution in [3.05, 3.63) is 92.9 Å². The minimum absolute atomic E-state index is 0.0166. The van der Waals surface area contributed by atoms with Crippen molar-refractivity contribution in [3.8, 4) is 0 Å². The van der Waals surface area contributed by atoms with Gasteiger partial charge in [0.05, 0.1) is 4.92 Å². The summed E-state index contributed by atoms with van der Waals surface area (Å²) in [5, 5.41) is 13.9. The predicted molar refractivity (Wildman–Crippen MR) is 109 cm³/mol.